The van der Waals surface area contributed by atoms with Crippen molar-refractivity contribution in [2.45, 2.75) is 26.8 Å². The second-order valence-electron chi connectivity index (χ2n) is 9.05. The van der Waals surface area contributed by atoms with Crippen molar-refractivity contribution in [2.75, 3.05) is 45.9 Å². The quantitative estimate of drug-likeness (QED) is 0.602. The first-order valence-electron chi connectivity index (χ1n) is 12.5. The highest BCUT2D eigenvalue weighted by molar-refractivity contribution is 5.95. The molecule has 2 heterocycles. The van der Waals surface area contributed by atoms with E-state index in [0.717, 1.165) is 11.1 Å². The topological polar surface area (TPSA) is 82.2 Å². The van der Waals surface area contributed by atoms with Gasteiger partial charge in [0.25, 0.3) is 5.91 Å². The molecule has 0 aliphatic carbocycles. The first-order valence-corrected chi connectivity index (χ1v) is 12.5. The van der Waals surface area contributed by atoms with Gasteiger partial charge in [0.2, 0.25) is 0 Å². The molecule has 3 amide bonds. The standard InChI is InChI=1S/C28H34N4O4/c1-4-32-23(19-30-15-17-31(18-16-30)26(33)22-13-11-20(3)12-14-22)24(27(34)36-5-2)25(29-28(32)35)21-9-7-6-8-10-21/h6-14,25H,4-5,15-19H2,1-3H3,(H,29,35). The van der Waals surface area contributed by atoms with Gasteiger partial charge in [0.05, 0.1) is 18.2 Å². The van der Waals surface area contributed by atoms with Crippen LogP contribution in [0.25, 0.3) is 0 Å². The third-order valence-corrected chi connectivity index (χ3v) is 6.71. The molecule has 2 aliphatic rings. The van der Waals surface area contributed by atoms with Crippen molar-refractivity contribution < 1.29 is 19.1 Å². The first-order chi connectivity index (χ1) is 17.4. The number of ether oxygens (including phenoxy) is 1. The number of nitrogens with zero attached hydrogens (tertiary/aromatic N) is 3. The highest BCUT2D eigenvalue weighted by atomic mass is 16.5. The Bertz CT molecular complexity index is 1120. The summed E-state index contributed by atoms with van der Waals surface area (Å²) in [4.78, 5) is 44.9. The largest absolute Gasteiger partial charge is 0.463 e. The Morgan fingerprint density at radius 2 is 1.64 bits per heavy atom. The lowest BCUT2D eigenvalue weighted by Gasteiger charge is -2.40. The molecule has 1 atom stereocenters. The van der Waals surface area contributed by atoms with Gasteiger partial charge in [0.1, 0.15) is 0 Å². The average molecular weight is 491 g/mol. The van der Waals surface area contributed by atoms with Crippen molar-refractivity contribution >= 4 is 17.9 Å². The first kappa shape index (κ1) is 25.4. The van der Waals surface area contributed by atoms with Crippen molar-refractivity contribution in [3.8, 4) is 0 Å². The van der Waals surface area contributed by atoms with E-state index in [1.54, 1.807) is 11.8 Å². The minimum Gasteiger partial charge on any atom is -0.463 e. The van der Waals surface area contributed by atoms with Crippen LogP contribution in [0.1, 0.15) is 41.4 Å². The molecule has 0 saturated carbocycles. The second kappa shape index (κ2) is 11.4. The summed E-state index contributed by atoms with van der Waals surface area (Å²) in [6, 6.07) is 16.3. The fraction of sp³-hybridized carbons (Fsp3) is 0.393. The summed E-state index contributed by atoms with van der Waals surface area (Å²) in [5.74, 6) is -0.398. The Hall–Kier alpha value is -3.65. The number of aryl methyl sites for hydroxylation is 1. The van der Waals surface area contributed by atoms with E-state index < -0.39 is 12.0 Å². The van der Waals surface area contributed by atoms with Gasteiger partial charge >= 0.3 is 12.0 Å². The van der Waals surface area contributed by atoms with E-state index >= 15 is 0 Å². The molecule has 2 aromatic rings. The van der Waals surface area contributed by atoms with Crippen molar-refractivity contribution in [3.05, 3.63) is 82.6 Å². The predicted molar refractivity (Wildman–Crippen MR) is 137 cm³/mol. The van der Waals surface area contributed by atoms with Gasteiger partial charge in [-0.15, -0.1) is 0 Å². The number of benzene rings is 2. The third kappa shape index (κ3) is 5.44. The zero-order chi connectivity index (χ0) is 25.7. The Morgan fingerprint density at radius 3 is 2.25 bits per heavy atom. The number of carbonyl (C=O) groups is 3. The van der Waals surface area contributed by atoms with Crippen molar-refractivity contribution in [1.29, 1.82) is 0 Å². The average Bonchev–Trinajstić information content (AvgIpc) is 2.89. The summed E-state index contributed by atoms with van der Waals surface area (Å²) in [7, 11) is 0. The van der Waals surface area contributed by atoms with Gasteiger partial charge in [-0.1, -0.05) is 48.0 Å². The van der Waals surface area contributed by atoms with Gasteiger partial charge < -0.3 is 15.0 Å². The lowest BCUT2D eigenvalue weighted by molar-refractivity contribution is -0.139. The molecule has 4 rings (SSSR count). The Kier molecular flexibility index (Phi) is 8.05. The molecule has 2 aromatic carbocycles. The number of likely N-dealkylation sites (N-methyl/N-ethyl adjacent to an activating group) is 1. The van der Waals surface area contributed by atoms with Crippen LogP contribution in [-0.4, -0.2) is 78.5 Å². The molecule has 0 spiro atoms. The summed E-state index contributed by atoms with van der Waals surface area (Å²) < 4.78 is 5.44. The van der Waals surface area contributed by atoms with Crippen LogP contribution < -0.4 is 5.32 Å². The van der Waals surface area contributed by atoms with E-state index in [4.69, 9.17) is 4.74 Å². The maximum Gasteiger partial charge on any atom is 0.338 e. The minimum atomic E-state index is -0.583. The molecule has 0 radical (unpaired) electrons. The van der Waals surface area contributed by atoms with Crippen LogP contribution in [0.3, 0.4) is 0 Å². The molecule has 1 saturated heterocycles. The predicted octanol–water partition coefficient (Wildman–Crippen LogP) is 3.36. The van der Waals surface area contributed by atoms with Crippen LogP contribution in [0.15, 0.2) is 65.9 Å². The summed E-state index contributed by atoms with van der Waals surface area (Å²) in [6.45, 7) is 9.21. The number of rotatable bonds is 7. The van der Waals surface area contributed by atoms with Crippen LogP contribution in [0, 0.1) is 6.92 Å². The van der Waals surface area contributed by atoms with Gasteiger partial charge in [0.15, 0.2) is 0 Å². The van der Waals surface area contributed by atoms with E-state index in [9.17, 15) is 14.4 Å². The van der Waals surface area contributed by atoms with Gasteiger partial charge in [0, 0.05) is 50.5 Å². The number of carbonyl (C=O) groups excluding carboxylic acids is 3. The maximum atomic E-state index is 13.2. The number of urea groups is 1. The number of hydrogen-bond donors (Lipinski definition) is 1. The normalized spacial score (nSPS) is 18.8. The molecule has 1 N–H and O–H groups in total. The molecule has 1 unspecified atom stereocenters. The van der Waals surface area contributed by atoms with Gasteiger partial charge in [-0.25, -0.2) is 9.59 Å². The molecule has 8 nitrogen and oxygen atoms in total. The van der Waals surface area contributed by atoms with E-state index in [-0.39, 0.29) is 18.5 Å². The van der Waals surface area contributed by atoms with Crippen molar-refractivity contribution in [3.63, 3.8) is 0 Å². The molecule has 0 bridgehead atoms. The molecule has 36 heavy (non-hydrogen) atoms. The molecule has 2 aliphatic heterocycles. The SMILES string of the molecule is CCOC(=O)C1=C(CN2CCN(C(=O)c3ccc(C)cc3)CC2)N(CC)C(=O)NC1c1ccccc1. The highest BCUT2D eigenvalue weighted by Crippen LogP contribution is 2.32. The molecular formula is C28H34N4O4. The van der Waals surface area contributed by atoms with Crippen molar-refractivity contribution in [1.82, 2.24) is 20.0 Å². The Labute approximate surface area is 212 Å². The van der Waals surface area contributed by atoms with Crippen LogP contribution in [0.5, 0.6) is 0 Å². The van der Waals surface area contributed by atoms with Crippen LogP contribution in [0.2, 0.25) is 0 Å². The van der Waals surface area contributed by atoms with Gasteiger partial charge in [-0.3, -0.25) is 14.6 Å². The summed E-state index contributed by atoms with van der Waals surface area (Å²) >= 11 is 0. The van der Waals surface area contributed by atoms with E-state index in [0.29, 0.717) is 56.1 Å². The Morgan fingerprint density at radius 1 is 0.972 bits per heavy atom. The smallest absolute Gasteiger partial charge is 0.338 e. The van der Waals surface area contributed by atoms with Crippen molar-refractivity contribution in [2.24, 2.45) is 0 Å². The zero-order valence-corrected chi connectivity index (χ0v) is 21.2. The van der Waals surface area contributed by atoms with E-state index in [1.807, 2.05) is 73.3 Å². The number of esters is 1. The summed E-state index contributed by atoms with van der Waals surface area (Å²) in [5.41, 5.74) is 3.76. The minimum absolute atomic E-state index is 0.0254. The van der Waals surface area contributed by atoms with Gasteiger partial charge in [-0.05, 0) is 38.5 Å². The number of amides is 3. The number of hydrogen-bond acceptors (Lipinski definition) is 5. The summed E-state index contributed by atoms with van der Waals surface area (Å²) in [5, 5.41) is 2.99. The van der Waals surface area contributed by atoms with Crippen LogP contribution >= 0.6 is 0 Å². The number of piperazine rings is 1. The molecule has 190 valence electrons. The van der Waals surface area contributed by atoms with Crippen LogP contribution in [0.4, 0.5) is 4.79 Å². The van der Waals surface area contributed by atoms with Crippen LogP contribution in [-0.2, 0) is 9.53 Å². The lowest BCUT2D eigenvalue weighted by Crippen LogP contribution is -2.53. The third-order valence-electron chi connectivity index (χ3n) is 6.71. The molecular weight excluding hydrogens is 456 g/mol. The zero-order valence-electron chi connectivity index (χ0n) is 21.2. The monoisotopic (exact) mass is 490 g/mol. The lowest BCUT2D eigenvalue weighted by atomic mass is 9.94. The Balaban J connectivity index is 1.57. The maximum absolute atomic E-state index is 13.2. The molecule has 1 fully saturated rings. The fourth-order valence-corrected chi connectivity index (χ4v) is 4.75. The van der Waals surface area contributed by atoms with E-state index in [2.05, 4.69) is 10.2 Å². The second-order valence-corrected chi connectivity index (χ2v) is 9.05. The summed E-state index contributed by atoms with van der Waals surface area (Å²) in [6.07, 6.45) is 0. The molecule has 0 aromatic heterocycles. The van der Waals surface area contributed by atoms with Gasteiger partial charge in [-0.2, -0.15) is 0 Å². The fourth-order valence-electron chi connectivity index (χ4n) is 4.75. The van der Waals surface area contributed by atoms with E-state index in [1.165, 1.54) is 0 Å². The molecule has 8 heteroatoms. The number of nitrogens with one attached hydrogen (secondary N) is 1. The highest BCUT2D eigenvalue weighted by Gasteiger charge is 2.38.